The van der Waals surface area contributed by atoms with Crippen LogP contribution in [0.4, 0.5) is 5.82 Å². The number of nitrogens with zero attached hydrogens (tertiary/aromatic N) is 6. The molecule has 0 N–H and O–H groups in total. The summed E-state index contributed by atoms with van der Waals surface area (Å²) in [4.78, 5) is 2.55. The van der Waals surface area contributed by atoms with Gasteiger partial charge in [0.15, 0.2) is 11.5 Å². The predicted octanol–water partition coefficient (Wildman–Crippen LogP) is 2.08. The summed E-state index contributed by atoms with van der Waals surface area (Å²) in [7, 11) is -3.48. The minimum atomic E-state index is -3.48. The lowest BCUT2D eigenvalue weighted by Gasteiger charge is -2.34. The van der Waals surface area contributed by atoms with Crippen LogP contribution in [0.15, 0.2) is 35.2 Å². The molecule has 30 heavy (non-hydrogen) atoms. The van der Waals surface area contributed by atoms with Crippen LogP contribution in [-0.4, -0.2) is 58.7 Å². The zero-order valence-electron chi connectivity index (χ0n) is 17.2. The zero-order valence-corrected chi connectivity index (χ0v) is 18.0. The van der Waals surface area contributed by atoms with Gasteiger partial charge in [-0.25, -0.2) is 8.42 Å². The van der Waals surface area contributed by atoms with Crippen molar-refractivity contribution in [3.8, 4) is 0 Å². The number of aromatic nitrogens is 4. The molecular formula is C21H26N6O2S. The zero-order chi connectivity index (χ0) is 20.7. The fourth-order valence-electron chi connectivity index (χ4n) is 4.39. The second-order valence-electron chi connectivity index (χ2n) is 7.96. The van der Waals surface area contributed by atoms with Crippen molar-refractivity contribution in [2.24, 2.45) is 0 Å². The average Bonchev–Trinajstić information content (AvgIpc) is 3.21. The summed E-state index contributed by atoms with van der Waals surface area (Å²) >= 11 is 0. The number of hydrogen-bond acceptors (Lipinski definition) is 6. The molecule has 0 spiro atoms. The van der Waals surface area contributed by atoms with Crippen molar-refractivity contribution in [3.05, 3.63) is 47.3 Å². The Hall–Kier alpha value is -2.52. The van der Waals surface area contributed by atoms with E-state index < -0.39 is 10.0 Å². The first-order valence-corrected chi connectivity index (χ1v) is 12.1. The molecule has 0 unspecified atom stereocenters. The smallest absolute Gasteiger partial charge is 0.243 e. The van der Waals surface area contributed by atoms with Crippen LogP contribution in [0.25, 0.3) is 5.65 Å². The largest absolute Gasteiger partial charge is 0.353 e. The molecule has 9 heteroatoms. The lowest BCUT2D eigenvalue weighted by molar-refractivity contribution is 0.383. The number of anilines is 1. The molecule has 1 saturated heterocycles. The van der Waals surface area contributed by atoms with Crippen LogP contribution in [0, 0.1) is 0 Å². The van der Waals surface area contributed by atoms with Gasteiger partial charge in [0.1, 0.15) is 5.82 Å². The molecule has 8 nitrogen and oxygen atoms in total. The van der Waals surface area contributed by atoms with E-state index >= 15 is 0 Å². The second-order valence-corrected chi connectivity index (χ2v) is 9.90. The average molecular weight is 427 g/mol. The van der Waals surface area contributed by atoms with Gasteiger partial charge in [-0.05, 0) is 61.1 Å². The maximum Gasteiger partial charge on any atom is 0.243 e. The molecule has 3 aromatic rings. The fraction of sp³-hybridized carbons (Fsp3) is 0.476. The van der Waals surface area contributed by atoms with E-state index in [1.165, 1.54) is 17.5 Å². The Morgan fingerprint density at radius 1 is 0.933 bits per heavy atom. The molecule has 2 aromatic heterocycles. The van der Waals surface area contributed by atoms with Crippen molar-refractivity contribution in [1.29, 1.82) is 0 Å². The SMILES string of the molecule is CCc1nnc2ccc(N3CCN(S(=O)(=O)c4ccc5c(c4)CCCC5)CC3)nn12. The van der Waals surface area contributed by atoms with Crippen LogP contribution < -0.4 is 4.90 Å². The number of sulfonamides is 1. The van der Waals surface area contributed by atoms with E-state index in [1.54, 1.807) is 14.9 Å². The molecule has 1 aromatic carbocycles. The van der Waals surface area contributed by atoms with E-state index in [0.29, 0.717) is 31.1 Å². The quantitative estimate of drug-likeness (QED) is 0.635. The van der Waals surface area contributed by atoms with Crippen LogP contribution in [0.1, 0.15) is 36.7 Å². The summed E-state index contributed by atoms with van der Waals surface area (Å²) in [6, 6.07) is 9.51. The van der Waals surface area contributed by atoms with E-state index in [0.717, 1.165) is 43.0 Å². The summed E-state index contributed by atoms with van der Waals surface area (Å²) in [5, 5.41) is 13.0. The maximum atomic E-state index is 13.2. The van der Waals surface area contributed by atoms with Crippen molar-refractivity contribution in [1.82, 2.24) is 24.1 Å². The minimum absolute atomic E-state index is 0.424. The Morgan fingerprint density at radius 2 is 1.70 bits per heavy atom. The van der Waals surface area contributed by atoms with Gasteiger partial charge in [-0.3, -0.25) is 0 Å². The highest BCUT2D eigenvalue weighted by Crippen LogP contribution is 2.26. The molecule has 1 aliphatic heterocycles. The van der Waals surface area contributed by atoms with Crippen LogP contribution >= 0.6 is 0 Å². The molecule has 1 fully saturated rings. The third-order valence-corrected chi connectivity index (χ3v) is 8.04. The number of piperazine rings is 1. The van der Waals surface area contributed by atoms with Gasteiger partial charge < -0.3 is 4.90 Å². The van der Waals surface area contributed by atoms with E-state index in [-0.39, 0.29) is 0 Å². The van der Waals surface area contributed by atoms with Crippen molar-refractivity contribution >= 4 is 21.5 Å². The Kier molecular flexibility index (Phi) is 4.94. The maximum absolute atomic E-state index is 13.2. The highest BCUT2D eigenvalue weighted by Gasteiger charge is 2.30. The molecule has 1 aliphatic carbocycles. The predicted molar refractivity (Wildman–Crippen MR) is 114 cm³/mol. The second kappa shape index (κ2) is 7.63. The first-order chi connectivity index (χ1) is 14.6. The first-order valence-electron chi connectivity index (χ1n) is 10.6. The monoisotopic (exact) mass is 426 g/mol. The lowest BCUT2D eigenvalue weighted by Crippen LogP contribution is -2.49. The van der Waals surface area contributed by atoms with E-state index in [2.05, 4.69) is 20.2 Å². The molecule has 5 rings (SSSR count). The summed E-state index contributed by atoms with van der Waals surface area (Å²) < 4.78 is 29.8. The van der Waals surface area contributed by atoms with Gasteiger partial charge in [0.05, 0.1) is 4.90 Å². The van der Waals surface area contributed by atoms with Gasteiger partial charge in [-0.1, -0.05) is 13.0 Å². The van der Waals surface area contributed by atoms with Crippen molar-refractivity contribution in [2.45, 2.75) is 43.9 Å². The number of rotatable bonds is 4. The standard InChI is InChI=1S/C21H26N6O2S/c1-2-19-22-23-20-9-10-21(24-27(19)20)25-11-13-26(14-12-25)30(28,29)18-8-7-16-5-3-4-6-17(16)15-18/h7-10,15H,2-6,11-14H2,1H3. The van der Waals surface area contributed by atoms with E-state index in [4.69, 9.17) is 0 Å². The van der Waals surface area contributed by atoms with Crippen molar-refractivity contribution in [3.63, 3.8) is 0 Å². The molecule has 2 aliphatic rings. The van der Waals surface area contributed by atoms with E-state index in [9.17, 15) is 8.42 Å². The molecule has 158 valence electrons. The van der Waals surface area contributed by atoms with Gasteiger partial charge in [0, 0.05) is 32.6 Å². The van der Waals surface area contributed by atoms with Gasteiger partial charge >= 0.3 is 0 Å². The van der Waals surface area contributed by atoms with Gasteiger partial charge in [-0.2, -0.15) is 8.82 Å². The lowest BCUT2D eigenvalue weighted by atomic mass is 9.92. The minimum Gasteiger partial charge on any atom is -0.353 e. The van der Waals surface area contributed by atoms with Crippen LogP contribution in [0.5, 0.6) is 0 Å². The Labute approximate surface area is 176 Å². The Balaban J connectivity index is 1.33. The highest BCUT2D eigenvalue weighted by molar-refractivity contribution is 7.89. The summed E-state index contributed by atoms with van der Waals surface area (Å²) in [6.07, 6.45) is 5.11. The van der Waals surface area contributed by atoms with Crippen molar-refractivity contribution in [2.75, 3.05) is 31.1 Å². The van der Waals surface area contributed by atoms with Gasteiger partial charge in [0.25, 0.3) is 0 Å². The number of hydrogen-bond donors (Lipinski definition) is 0. The molecule has 3 heterocycles. The normalized spacial score (nSPS) is 18.0. The molecule has 0 amide bonds. The summed E-state index contributed by atoms with van der Waals surface area (Å²) in [5.74, 6) is 1.64. The third-order valence-electron chi connectivity index (χ3n) is 6.15. The number of benzene rings is 1. The van der Waals surface area contributed by atoms with E-state index in [1.807, 2.05) is 31.2 Å². The van der Waals surface area contributed by atoms with Crippen LogP contribution in [0.3, 0.4) is 0 Å². The third kappa shape index (κ3) is 3.35. The number of fused-ring (bicyclic) bond motifs is 2. The highest BCUT2D eigenvalue weighted by atomic mass is 32.2. The summed E-state index contributed by atoms with van der Waals surface area (Å²) in [5.41, 5.74) is 3.22. The Morgan fingerprint density at radius 3 is 2.47 bits per heavy atom. The van der Waals surface area contributed by atoms with Crippen molar-refractivity contribution < 1.29 is 8.42 Å². The van der Waals surface area contributed by atoms with Gasteiger partial charge in [0.2, 0.25) is 10.0 Å². The first kappa shape index (κ1) is 19.4. The fourth-order valence-corrected chi connectivity index (χ4v) is 5.86. The van der Waals surface area contributed by atoms with Gasteiger partial charge in [-0.15, -0.1) is 15.3 Å². The molecule has 0 radical (unpaired) electrons. The van der Waals surface area contributed by atoms with Crippen LogP contribution in [0.2, 0.25) is 0 Å². The Bertz CT molecular complexity index is 1180. The summed E-state index contributed by atoms with van der Waals surface area (Å²) in [6.45, 7) is 4.12. The van der Waals surface area contributed by atoms with Crippen LogP contribution in [-0.2, 0) is 29.3 Å². The molecule has 0 atom stereocenters. The number of aryl methyl sites for hydroxylation is 3. The molecular weight excluding hydrogens is 400 g/mol. The molecule has 0 bridgehead atoms. The molecule has 0 saturated carbocycles. The topological polar surface area (TPSA) is 83.7 Å².